The molecule has 0 aliphatic rings. The van der Waals surface area contributed by atoms with Crippen LogP contribution in [0.2, 0.25) is 0 Å². The molecule has 0 bridgehead atoms. The first-order valence-electron chi connectivity index (χ1n) is 5.50. The van der Waals surface area contributed by atoms with Gasteiger partial charge in [-0.3, -0.25) is 4.79 Å². The van der Waals surface area contributed by atoms with E-state index in [2.05, 4.69) is 25.3 Å². The van der Waals surface area contributed by atoms with E-state index in [4.69, 9.17) is 0 Å². The van der Waals surface area contributed by atoms with Crippen molar-refractivity contribution < 1.29 is 0 Å². The van der Waals surface area contributed by atoms with Gasteiger partial charge in [0.25, 0.3) is 0 Å². The number of thiazole rings is 1. The van der Waals surface area contributed by atoms with Gasteiger partial charge in [-0.1, -0.05) is 6.07 Å². The lowest BCUT2D eigenvalue weighted by Crippen LogP contribution is -2.03. The Labute approximate surface area is 136 Å². The first-order valence-corrected chi connectivity index (χ1v) is 6.38. The van der Waals surface area contributed by atoms with E-state index in [1.54, 1.807) is 30.6 Å². The Hall–Kier alpha value is -1.96. The van der Waals surface area contributed by atoms with Crippen LogP contribution in [-0.4, -0.2) is 19.9 Å². The van der Waals surface area contributed by atoms with E-state index in [0.717, 1.165) is 0 Å². The Morgan fingerprint density at radius 1 is 1.10 bits per heavy atom. The van der Waals surface area contributed by atoms with Gasteiger partial charge in [-0.05, 0) is 12.1 Å². The summed E-state index contributed by atoms with van der Waals surface area (Å²) in [6.45, 7) is 0. The van der Waals surface area contributed by atoms with Crippen LogP contribution in [0, 0.1) is 0 Å². The molecular formula is C12H11Cl2N5OS. The van der Waals surface area contributed by atoms with Crippen molar-refractivity contribution in [1.82, 2.24) is 19.9 Å². The standard InChI is InChI=1S/C12H9N5OS.2ClH/c18-10-4-1-3-8(15-10)9-7-19-12(16-9)17-11-13-5-2-6-14-11;;/h1-7H,(H,15,18)(H,13,14,16,17);2*1H. The molecular weight excluding hydrogens is 333 g/mol. The van der Waals surface area contributed by atoms with Crippen molar-refractivity contribution in [2.24, 2.45) is 0 Å². The van der Waals surface area contributed by atoms with E-state index < -0.39 is 0 Å². The number of anilines is 2. The highest BCUT2D eigenvalue weighted by Crippen LogP contribution is 2.24. The second kappa shape index (κ2) is 7.72. The highest BCUT2D eigenvalue weighted by Gasteiger charge is 2.06. The summed E-state index contributed by atoms with van der Waals surface area (Å²) in [6, 6.07) is 6.71. The second-order valence-corrected chi connectivity index (χ2v) is 4.52. The van der Waals surface area contributed by atoms with E-state index in [0.29, 0.717) is 22.5 Å². The summed E-state index contributed by atoms with van der Waals surface area (Å²) >= 11 is 1.42. The molecule has 3 heterocycles. The molecule has 0 saturated heterocycles. The van der Waals surface area contributed by atoms with Gasteiger partial charge in [-0.2, -0.15) is 0 Å². The number of hydrogen-bond acceptors (Lipinski definition) is 6. The Balaban J connectivity index is 0.00000110. The van der Waals surface area contributed by atoms with Gasteiger partial charge < -0.3 is 10.3 Å². The summed E-state index contributed by atoms with van der Waals surface area (Å²) in [5.41, 5.74) is 1.25. The third-order valence-corrected chi connectivity index (χ3v) is 3.09. The monoisotopic (exact) mass is 343 g/mol. The third-order valence-electron chi connectivity index (χ3n) is 2.33. The minimum absolute atomic E-state index is 0. The molecule has 2 N–H and O–H groups in total. The normalized spacial score (nSPS) is 9.33. The fourth-order valence-corrected chi connectivity index (χ4v) is 2.22. The third kappa shape index (κ3) is 4.25. The molecule has 6 nitrogen and oxygen atoms in total. The number of halogens is 2. The molecule has 0 radical (unpaired) electrons. The number of rotatable bonds is 3. The Morgan fingerprint density at radius 3 is 2.57 bits per heavy atom. The van der Waals surface area contributed by atoms with Crippen molar-refractivity contribution in [2.75, 3.05) is 5.32 Å². The number of aromatic amines is 1. The molecule has 9 heteroatoms. The summed E-state index contributed by atoms with van der Waals surface area (Å²) in [4.78, 5) is 26.5. The van der Waals surface area contributed by atoms with Gasteiger partial charge in [-0.25, -0.2) is 15.0 Å². The molecule has 3 aromatic heterocycles. The summed E-state index contributed by atoms with van der Waals surface area (Å²) in [5.74, 6) is 0.491. The molecule has 0 aromatic carbocycles. The lowest BCUT2D eigenvalue weighted by Gasteiger charge is -1.98. The molecule has 0 aliphatic carbocycles. The van der Waals surface area contributed by atoms with E-state index in [1.807, 2.05) is 5.38 Å². The van der Waals surface area contributed by atoms with Crippen molar-refractivity contribution in [3.63, 3.8) is 0 Å². The smallest absolute Gasteiger partial charge is 0.248 e. The van der Waals surface area contributed by atoms with Crippen LogP contribution in [-0.2, 0) is 0 Å². The van der Waals surface area contributed by atoms with Gasteiger partial charge >= 0.3 is 0 Å². The van der Waals surface area contributed by atoms with Gasteiger partial charge in [0.05, 0.1) is 11.4 Å². The predicted molar refractivity (Wildman–Crippen MR) is 88.0 cm³/mol. The van der Waals surface area contributed by atoms with Crippen molar-refractivity contribution >= 4 is 47.2 Å². The van der Waals surface area contributed by atoms with Crippen LogP contribution in [0.25, 0.3) is 11.4 Å². The molecule has 0 spiro atoms. The van der Waals surface area contributed by atoms with Crippen LogP contribution in [0.4, 0.5) is 11.1 Å². The summed E-state index contributed by atoms with van der Waals surface area (Å²) in [7, 11) is 0. The molecule has 110 valence electrons. The van der Waals surface area contributed by atoms with E-state index in [1.165, 1.54) is 17.4 Å². The second-order valence-electron chi connectivity index (χ2n) is 3.66. The maximum Gasteiger partial charge on any atom is 0.248 e. The molecule has 3 rings (SSSR count). The summed E-state index contributed by atoms with van der Waals surface area (Å²) in [6.07, 6.45) is 3.30. The number of hydrogen-bond donors (Lipinski definition) is 2. The summed E-state index contributed by atoms with van der Waals surface area (Å²) < 4.78 is 0. The zero-order chi connectivity index (χ0) is 13.1. The topological polar surface area (TPSA) is 83.6 Å². The first kappa shape index (κ1) is 17.1. The van der Waals surface area contributed by atoms with E-state index >= 15 is 0 Å². The Morgan fingerprint density at radius 2 is 1.86 bits per heavy atom. The Kier molecular flexibility index (Phi) is 6.29. The number of aromatic nitrogens is 4. The molecule has 3 aromatic rings. The van der Waals surface area contributed by atoms with Gasteiger partial charge in [0.2, 0.25) is 11.5 Å². The maximum atomic E-state index is 11.2. The lowest BCUT2D eigenvalue weighted by atomic mass is 10.3. The summed E-state index contributed by atoms with van der Waals surface area (Å²) in [5, 5.41) is 5.53. The number of nitrogens with one attached hydrogen (secondary N) is 2. The van der Waals surface area contributed by atoms with Gasteiger partial charge in [0.15, 0.2) is 5.13 Å². The van der Waals surface area contributed by atoms with Gasteiger partial charge in [-0.15, -0.1) is 36.2 Å². The molecule has 0 atom stereocenters. The molecule has 0 amide bonds. The van der Waals surface area contributed by atoms with Crippen molar-refractivity contribution in [3.8, 4) is 11.4 Å². The quantitative estimate of drug-likeness (QED) is 0.763. The number of pyridine rings is 1. The van der Waals surface area contributed by atoms with E-state index in [9.17, 15) is 4.79 Å². The zero-order valence-corrected chi connectivity index (χ0v) is 13.0. The first-order chi connectivity index (χ1) is 9.31. The predicted octanol–water partition coefficient (Wildman–Crippen LogP) is 2.88. The minimum Gasteiger partial charge on any atom is -0.321 e. The fraction of sp³-hybridized carbons (Fsp3) is 0. The average molecular weight is 344 g/mol. The highest BCUT2D eigenvalue weighted by molar-refractivity contribution is 7.14. The molecule has 0 aliphatic heterocycles. The van der Waals surface area contributed by atoms with Crippen LogP contribution in [0.1, 0.15) is 0 Å². The van der Waals surface area contributed by atoms with Crippen molar-refractivity contribution in [3.05, 3.63) is 52.4 Å². The SMILES string of the molecule is Cl.Cl.O=c1cccc(-c2csc(Nc3ncccn3)n2)[nH]1. The minimum atomic E-state index is -0.147. The Bertz CT molecular complexity index is 746. The largest absolute Gasteiger partial charge is 0.321 e. The molecule has 0 saturated carbocycles. The molecule has 0 fully saturated rings. The maximum absolute atomic E-state index is 11.2. The van der Waals surface area contributed by atoms with Crippen molar-refractivity contribution in [1.29, 1.82) is 0 Å². The highest BCUT2D eigenvalue weighted by atomic mass is 35.5. The lowest BCUT2D eigenvalue weighted by molar-refractivity contribution is 1.16. The molecule has 21 heavy (non-hydrogen) atoms. The van der Waals surface area contributed by atoms with Crippen LogP contribution in [0.15, 0.2) is 46.8 Å². The van der Waals surface area contributed by atoms with Gasteiger partial charge in [0, 0.05) is 23.8 Å². The number of nitrogens with zero attached hydrogens (tertiary/aromatic N) is 3. The van der Waals surface area contributed by atoms with E-state index in [-0.39, 0.29) is 30.4 Å². The van der Waals surface area contributed by atoms with Crippen molar-refractivity contribution in [2.45, 2.75) is 0 Å². The van der Waals surface area contributed by atoms with Crippen LogP contribution in [0.5, 0.6) is 0 Å². The molecule has 0 unspecified atom stereocenters. The number of H-pyrrole nitrogens is 1. The average Bonchev–Trinajstić information content (AvgIpc) is 2.88. The fourth-order valence-electron chi connectivity index (χ4n) is 1.51. The van der Waals surface area contributed by atoms with Crippen LogP contribution >= 0.6 is 36.2 Å². The van der Waals surface area contributed by atoms with Gasteiger partial charge in [0.1, 0.15) is 0 Å². The zero-order valence-electron chi connectivity index (χ0n) is 10.5. The van der Waals surface area contributed by atoms with Crippen LogP contribution < -0.4 is 10.9 Å². The van der Waals surface area contributed by atoms with Crippen LogP contribution in [0.3, 0.4) is 0 Å².